The van der Waals surface area contributed by atoms with Crippen LogP contribution in [0.4, 0.5) is 0 Å². The van der Waals surface area contributed by atoms with Crippen molar-refractivity contribution in [1.82, 2.24) is 4.90 Å². The van der Waals surface area contributed by atoms with E-state index in [0.717, 1.165) is 4.90 Å². The largest absolute Gasteiger partial charge is 0.497 e. The van der Waals surface area contributed by atoms with E-state index in [2.05, 4.69) is 5.16 Å². The second-order valence-electron chi connectivity index (χ2n) is 6.40. The van der Waals surface area contributed by atoms with Crippen LogP contribution in [0.1, 0.15) is 24.8 Å². The number of benzene rings is 1. The Labute approximate surface area is 156 Å². The molecule has 1 aliphatic carbocycles. The standard InChI is InChI=1S/C19H21N3O5/c1-26-13-8-6-12(7-9-13)17(20)21-27-16(23)10-11-22-18(24)14-4-2-3-5-15(14)19(22)25/h2-3,6-9,14-15H,4-5,10-11H2,1H3,(H2,20,21)/t14-,15-/m1/s1. The van der Waals surface area contributed by atoms with Gasteiger partial charge in [0.05, 0.1) is 25.4 Å². The Balaban J connectivity index is 1.52. The highest BCUT2D eigenvalue weighted by Gasteiger charge is 2.46. The van der Waals surface area contributed by atoms with Crippen molar-refractivity contribution in [3.05, 3.63) is 42.0 Å². The lowest BCUT2D eigenvalue weighted by molar-refractivity contribution is -0.145. The lowest BCUT2D eigenvalue weighted by Gasteiger charge is -2.14. The predicted molar refractivity (Wildman–Crippen MR) is 96.5 cm³/mol. The highest BCUT2D eigenvalue weighted by Crippen LogP contribution is 2.34. The molecule has 3 rings (SSSR count). The summed E-state index contributed by atoms with van der Waals surface area (Å²) < 4.78 is 5.05. The van der Waals surface area contributed by atoms with Gasteiger partial charge in [0.2, 0.25) is 11.8 Å². The van der Waals surface area contributed by atoms with Crippen molar-refractivity contribution in [3.8, 4) is 5.75 Å². The van der Waals surface area contributed by atoms with Crippen LogP contribution in [0, 0.1) is 11.8 Å². The third-order valence-corrected chi connectivity index (χ3v) is 4.77. The van der Waals surface area contributed by atoms with Crippen molar-refractivity contribution in [2.45, 2.75) is 19.3 Å². The number of amides is 2. The van der Waals surface area contributed by atoms with Gasteiger partial charge in [0.1, 0.15) is 5.75 Å². The number of ether oxygens (including phenoxy) is 1. The number of nitrogens with two attached hydrogens (primary N) is 1. The number of carbonyl (C=O) groups excluding carboxylic acids is 3. The zero-order chi connectivity index (χ0) is 19.4. The van der Waals surface area contributed by atoms with Crippen molar-refractivity contribution < 1.29 is 24.0 Å². The van der Waals surface area contributed by atoms with Gasteiger partial charge in [0.25, 0.3) is 0 Å². The number of methoxy groups -OCH3 is 1. The van der Waals surface area contributed by atoms with Crippen LogP contribution in [0.5, 0.6) is 5.75 Å². The summed E-state index contributed by atoms with van der Waals surface area (Å²) in [6, 6.07) is 6.78. The van der Waals surface area contributed by atoms with Crippen LogP contribution in [0.25, 0.3) is 0 Å². The summed E-state index contributed by atoms with van der Waals surface area (Å²) in [7, 11) is 1.55. The molecule has 2 amide bonds. The van der Waals surface area contributed by atoms with Crippen molar-refractivity contribution in [2.75, 3.05) is 13.7 Å². The molecule has 1 heterocycles. The summed E-state index contributed by atoms with van der Waals surface area (Å²) >= 11 is 0. The minimum absolute atomic E-state index is 0.0124. The number of oxime groups is 1. The number of fused-ring (bicyclic) bond motifs is 1. The predicted octanol–water partition coefficient (Wildman–Crippen LogP) is 1.20. The number of imide groups is 1. The van der Waals surface area contributed by atoms with Gasteiger partial charge in [-0.2, -0.15) is 0 Å². The number of nitrogens with zero attached hydrogens (tertiary/aromatic N) is 2. The zero-order valence-electron chi connectivity index (χ0n) is 15.0. The maximum Gasteiger partial charge on any atom is 0.336 e. The number of allylic oxidation sites excluding steroid dienone is 2. The van der Waals surface area contributed by atoms with Crippen LogP contribution in [0.2, 0.25) is 0 Å². The van der Waals surface area contributed by atoms with Gasteiger partial charge in [0.15, 0.2) is 5.84 Å². The molecule has 27 heavy (non-hydrogen) atoms. The summed E-state index contributed by atoms with van der Waals surface area (Å²) in [6.45, 7) is -0.0124. The molecule has 0 unspecified atom stereocenters. The molecule has 2 atom stereocenters. The third-order valence-electron chi connectivity index (χ3n) is 4.77. The van der Waals surface area contributed by atoms with E-state index in [1.54, 1.807) is 31.4 Å². The molecule has 1 aromatic carbocycles. The topological polar surface area (TPSA) is 111 Å². The molecule has 8 nitrogen and oxygen atoms in total. The van der Waals surface area contributed by atoms with E-state index in [0.29, 0.717) is 24.2 Å². The smallest absolute Gasteiger partial charge is 0.336 e. The van der Waals surface area contributed by atoms with Crippen LogP contribution in [0.3, 0.4) is 0 Å². The Hall–Kier alpha value is -3.16. The fraction of sp³-hybridized carbons (Fsp3) is 0.368. The Morgan fingerprint density at radius 2 is 1.74 bits per heavy atom. The summed E-state index contributed by atoms with van der Waals surface area (Å²) in [5.41, 5.74) is 6.36. The van der Waals surface area contributed by atoms with E-state index < -0.39 is 5.97 Å². The highest BCUT2D eigenvalue weighted by molar-refractivity contribution is 6.05. The van der Waals surface area contributed by atoms with Crippen molar-refractivity contribution in [2.24, 2.45) is 22.7 Å². The lowest BCUT2D eigenvalue weighted by Crippen LogP contribution is -2.33. The van der Waals surface area contributed by atoms with E-state index in [4.69, 9.17) is 15.3 Å². The molecule has 8 heteroatoms. The first kappa shape index (κ1) is 18.6. The molecule has 0 spiro atoms. The average molecular weight is 371 g/mol. The van der Waals surface area contributed by atoms with Crippen LogP contribution >= 0.6 is 0 Å². The van der Waals surface area contributed by atoms with Crippen molar-refractivity contribution >= 4 is 23.6 Å². The SMILES string of the molecule is COc1ccc(/C(N)=N\OC(=O)CCN2C(=O)[C@@H]3CC=CC[C@H]3C2=O)cc1. The summed E-state index contributed by atoms with van der Waals surface area (Å²) in [5.74, 6) is -1.01. The molecule has 0 saturated carbocycles. The van der Waals surface area contributed by atoms with Crippen LogP contribution < -0.4 is 10.5 Å². The van der Waals surface area contributed by atoms with Gasteiger partial charge in [0, 0.05) is 12.1 Å². The molecule has 0 aromatic heterocycles. The fourth-order valence-electron chi connectivity index (χ4n) is 3.25. The first-order valence-electron chi connectivity index (χ1n) is 8.69. The molecule has 1 fully saturated rings. The average Bonchev–Trinajstić information content (AvgIpc) is 2.95. The molecular weight excluding hydrogens is 350 g/mol. The van der Waals surface area contributed by atoms with Gasteiger partial charge in [-0.05, 0) is 37.1 Å². The first-order chi connectivity index (χ1) is 13.0. The molecule has 142 valence electrons. The van der Waals surface area contributed by atoms with E-state index in [1.165, 1.54) is 0 Å². The number of carbonyl (C=O) groups is 3. The number of amidine groups is 1. The Morgan fingerprint density at radius 3 is 2.30 bits per heavy atom. The first-order valence-corrected chi connectivity index (χ1v) is 8.69. The van der Waals surface area contributed by atoms with Gasteiger partial charge in [-0.25, -0.2) is 4.79 Å². The van der Waals surface area contributed by atoms with Crippen LogP contribution in [-0.2, 0) is 19.2 Å². The van der Waals surface area contributed by atoms with Gasteiger partial charge in [-0.15, -0.1) is 0 Å². The number of hydrogen-bond acceptors (Lipinski definition) is 6. The molecule has 1 saturated heterocycles. The molecule has 1 aromatic rings. The molecule has 0 bridgehead atoms. The molecule has 2 aliphatic rings. The second-order valence-corrected chi connectivity index (χ2v) is 6.40. The molecule has 1 aliphatic heterocycles. The quantitative estimate of drug-likeness (QED) is 0.201. The van der Waals surface area contributed by atoms with Gasteiger partial charge >= 0.3 is 5.97 Å². The summed E-state index contributed by atoms with van der Waals surface area (Å²) in [4.78, 5) is 42.5. The van der Waals surface area contributed by atoms with E-state index in [-0.39, 0.29) is 42.5 Å². The third kappa shape index (κ3) is 3.99. The minimum Gasteiger partial charge on any atom is -0.497 e. The number of rotatable bonds is 6. The lowest BCUT2D eigenvalue weighted by atomic mass is 9.85. The minimum atomic E-state index is -0.667. The Morgan fingerprint density at radius 1 is 1.15 bits per heavy atom. The monoisotopic (exact) mass is 371 g/mol. The van der Waals surface area contributed by atoms with Crippen molar-refractivity contribution in [3.63, 3.8) is 0 Å². The Kier molecular flexibility index (Phi) is 5.54. The summed E-state index contributed by atoms with van der Waals surface area (Å²) in [6.07, 6.45) is 4.84. The molecule has 0 radical (unpaired) electrons. The molecule has 2 N–H and O–H groups in total. The van der Waals surface area contributed by atoms with E-state index in [9.17, 15) is 14.4 Å². The van der Waals surface area contributed by atoms with Crippen LogP contribution in [0.15, 0.2) is 41.6 Å². The number of hydrogen-bond donors (Lipinski definition) is 1. The van der Waals surface area contributed by atoms with Crippen molar-refractivity contribution in [1.29, 1.82) is 0 Å². The maximum atomic E-state index is 12.3. The maximum absolute atomic E-state index is 12.3. The summed E-state index contributed by atoms with van der Waals surface area (Å²) in [5, 5.41) is 3.61. The van der Waals surface area contributed by atoms with Gasteiger partial charge in [-0.3, -0.25) is 14.5 Å². The zero-order valence-corrected chi connectivity index (χ0v) is 15.0. The van der Waals surface area contributed by atoms with Crippen LogP contribution in [-0.4, -0.2) is 42.2 Å². The highest BCUT2D eigenvalue weighted by atomic mass is 16.7. The second kappa shape index (κ2) is 8.03. The molecular formula is C19H21N3O5. The van der Waals surface area contributed by atoms with E-state index >= 15 is 0 Å². The van der Waals surface area contributed by atoms with E-state index in [1.807, 2.05) is 12.2 Å². The van der Waals surface area contributed by atoms with Gasteiger partial charge < -0.3 is 15.3 Å². The fourth-order valence-corrected chi connectivity index (χ4v) is 3.25. The normalized spacial score (nSPS) is 22.0. The Bertz CT molecular complexity index is 774. The number of likely N-dealkylation sites (tertiary alicyclic amines) is 1. The van der Waals surface area contributed by atoms with Gasteiger partial charge in [-0.1, -0.05) is 17.3 Å².